The Labute approximate surface area is 118 Å². The topological polar surface area (TPSA) is 17.3 Å². The average molecular weight is 323 g/mol. The third kappa shape index (κ3) is 4.23. The van der Waals surface area contributed by atoms with Gasteiger partial charge in [-0.15, -0.1) is 11.3 Å². The fourth-order valence-electron chi connectivity index (χ4n) is 1.38. The Hall–Kier alpha value is -0.120. The summed E-state index contributed by atoms with van der Waals surface area (Å²) in [5.74, 6) is 0. The van der Waals surface area contributed by atoms with E-state index in [0.29, 0.717) is 0 Å². The van der Waals surface area contributed by atoms with Crippen LogP contribution in [-0.2, 0) is 18.4 Å². The van der Waals surface area contributed by atoms with E-state index in [2.05, 4.69) is 16.9 Å². The van der Waals surface area contributed by atoms with Crippen LogP contribution in [-0.4, -0.2) is 4.57 Å². The quantitative estimate of drug-likeness (QED) is 0.774. The second-order valence-corrected chi connectivity index (χ2v) is 11.5. The molecule has 1 heterocycles. The lowest BCUT2D eigenvalue weighted by atomic mass is 10.2. The third-order valence-corrected chi connectivity index (χ3v) is 4.11. The van der Waals surface area contributed by atoms with Crippen molar-refractivity contribution < 1.29 is 0 Å². The molecule has 7 heteroatoms. The van der Waals surface area contributed by atoms with E-state index < -0.39 is 4.89 Å². The van der Waals surface area contributed by atoms with Crippen molar-refractivity contribution in [1.29, 1.82) is 0 Å². The van der Waals surface area contributed by atoms with Gasteiger partial charge in [-0.3, -0.25) is 0 Å². The number of hydrogen-bond donors (Lipinski definition) is 0. The summed E-state index contributed by atoms with van der Waals surface area (Å²) in [5, 5.41) is 1.94. The highest BCUT2D eigenvalue weighted by Gasteiger charge is 2.06. The number of halogens is 2. The standard InChI is InChI=1S/C10H9Cl2N2PS2/c11-15(12,16)13-10-14(6-7-17-10)8-9-4-2-1-3-5-9/h1-7H,8H2/b13-10-. The highest BCUT2D eigenvalue weighted by atomic mass is 35.9. The van der Waals surface area contributed by atoms with Crippen LogP contribution in [0.3, 0.4) is 0 Å². The summed E-state index contributed by atoms with van der Waals surface area (Å²) < 4.78 is 6.18. The normalized spacial score (nSPS) is 12.9. The molecule has 0 aliphatic carbocycles. The first kappa shape index (κ1) is 13.3. The molecule has 0 atom stereocenters. The fourth-order valence-corrected chi connectivity index (χ4v) is 3.92. The third-order valence-electron chi connectivity index (χ3n) is 2.06. The van der Waals surface area contributed by atoms with Crippen molar-refractivity contribution in [3.8, 4) is 0 Å². The highest BCUT2D eigenvalue weighted by Crippen LogP contribution is 2.57. The van der Waals surface area contributed by atoms with E-state index in [1.54, 1.807) is 0 Å². The Morgan fingerprint density at radius 1 is 1.29 bits per heavy atom. The van der Waals surface area contributed by atoms with Crippen molar-refractivity contribution in [3.63, 3.8) is 0 Å². The maximum absolute atomic E-state index is 5.82. The van der Waals surface area contributed by atoms with Gasteiger partial charge in [0.15, 0.2) is 4.80 Å². The molecule has 0 N–H and O–H groups in total. The van der Waals surface area contributed by atoms with Crippen LogP contribution >= 0.6 is 38.7 Å². The molecule has 0 fully saturated rings. The van der Waals surface area contributed by atoms with E-state index in [1.165, 1.54) is 16.9 Å². The van der Waals surface area contributed by atoms with Crippen molar-refractivity contribution in [1.82, 2.24) is 4.57 Å². The van der Waals surface area contributed by atoms with Gasteiger partial charge in [-0.25, -0.2) is 0 Å². The molecule has 90 valence electrons. The molecule has 1 aromatic carbocycles. The molecule has 2 rings (SSSR count). The molecule has 0 bridgehead atoms. The van der Waals surface area contributed by atoms with Gasteiger partial charge in [0.1, 0.15) is 0 Å². The van der Waals surface area contributed by atoms with Crippen molar-refractivity contribution in [2.45, 2.75) is 6.54 Å². The van der Waals surface area contributed by atoms with Crippen molar-refractivity contribution in [2.24, 2.45) is 4.76 Å². The summed E-state index contributed by atoms with van der Waals surface area (Å²) in [5.41, 5.74) is 1.20. The Balaban J connectivity index is 2.33. The molecule has 2 aromatic rings. The van der Waals surface area contributed by atoms with Gasteiger partial charge in [0.05, 0.1) is 0 Å². The molecule has 0 saturated carbocycles. The molecule has 0 saturated heterocycles. The van der Waals surface area contributed by atoms with Crippen LogP contribution in [0.5, 0.6) is 0 Å². The predicted octanol–water partition coefficient (Wildman–Crippen LogP) is 4.20. The van der Waals surface area contributed by atoms with Crippen molar-refractivity contribution >= 4 is 50.5 Å². The number of rotatable bonds is 3. The summed E-state index contributed by atoms with van der Waals surface area (Å²) in [4.78, 5) is -1.83. The predicted molar refractivity (Wildman–Crippen MR) is 79.4 cm³/mol. The maximum Gasteiger partial charge on any atom is 0.228 e. The fraction of sp³-hybridized carbons (Fsp3) is 0.100. The van der Waals surface area contributed by atoms with E-state index in [-0.39, 0.29) is 0 Å². The van der Waals surface area contributed by atoms with E-state index in [9.17, 15) is 0 Å². The van der Waals surface area contributed by atoms with Crippen LogP contribution in [0, 0.1) is 0 Å². The molecule has 17 heavy (non-hydrogen) atoms. The molecule has 0 aliphatic rings. The van der Waals surface area contributed by atoms with Crippen LogP contribution in [0.25, 0.3) is 0 Å². The monoisotopic (exact) mass is 322 g/mol. The van der Waals surface area contributed by atoms with Crippen LogP contribution < -0.4 is 4.80 Å². The van der Waals surface area contributed by atoms with Crippen LogP contribution in [0.1, 0.15) is 5.56 Å². The Kier molecular flexibility index (Phi) is 4.45. The van der Waals surface area contributed by atoms with E-state index in [1.807, 2.05) is 34.3 Å². The Morgan fingerprint density at radius 2 is 2.00 bits per heavy atom. The van der Waals surface area contributed by atoms with Gasteiger partial charge in [-0.2, -0.15) is 4.76 Å². The minimum atomic E-state index is -2.59. The number of benzene rings is 1. The zero-order chi connectivity index (χ0) is 12.3. The molecule has 0 amide bonds. The second-order valence-electron chi connectivity index (χ2n) is 3.33. The minimum absolute atomic E-state index is 0.742. The Bertz CT molecular complexity index is 600. The van der Waals surface area contributed by atoms with E-state index in [0.717, 1.165) is 11.3 Å². The summed E-state index contributed by atoms with van der Waals surface area (Å²) in [6.07, 6.45) is 1.95. The first-order valence-corrected chi connectivity index (χ1v) is 10.2. The van der Waals surface area contributed by atoms with Crippen molar-refractivity contribution in [2.75, 3.05) is 0 Å². The minimum Gasteiger partial charge on any atom is -0.319 e. The van der Waals surface area contributed by atoms with E-state index in [4.69, 9.17) is 34.3 Å². The van der Waals surface area contributed by atoms with Gasteiger partial charge in [0, 0.05) is 18.1 Å². The maximum atomic E-state index is 5.82. The largest absolute Gasteiger partial charge is 0.319 e. The first-order chi connectivity index (χ1) is 8.04. The van der Waals surface area contributed by atoms with Gasteiger partial charge in [-0.1, -0.05) is 30.3 Å². The highest BCUT2D eigenvalue weighted by molar-refractivity contribution is 8.38. The second kappa shape index (κ2) is 5.68. The number of thiazole rings is 1. The molecule has 0 aliphatic heterocycles. The SMILES string of the molecule is S=P(Cl)(Cl)/N=c1\sccn1Cc1ccccc1. The number of aromatic nitrogens is 1. The van der Waals surface area contributed by atoms with Crippen LogP contribution in [0.2, 0.25) is 0 Å². The van der Waals surface area contributed by atoms with Gasteiger partial charge in [0.25, 0.3) is 0 Å². The summed E-state index contributed by atoms with van der Waals surface area (Å²) in [7, 11) is 0. The lowest BCUT2D eigenvalue weighted by Gasteiger charge is -2.03. The first-order valence-electron chi connectivity index (χ1n) is 4.78. The van der Waals surface area contributed by atoms with Gasteiger partial charge in [-0.05, 0) is 39.9 Å². The number of hydrogen-bond acceptors (Lipinski definition) is 2. The number of nitrogens with zero attached hydrogens (tertiary/aromatic N) is 2. The molecule has 0 spiro atoms. The molecule has 2 nitrogen and oxygen atoms in total. The van der Waals surface area contributed by atoms with Crippen LogP contribution in [0.4, 0.5) is 0 Å². The van der Waals surface area contributed by atoms with Gasteiger partial charge in [0.2, 0.25) is 4.89 Å². The zero-order valence-corrected chi connectivity index (χ0v) is 12.7. The van der Waals surface area contributed by atoms with Gasteiger partial charge >= 0.3 is 0 Å². The molecule has 0 radical (unpaired) electrons. The smallest absolute Gasteiger partial charge is 0.228 e. The average Bonchev–Trinajstić information content (AvgIpc) is 2.65. The van der Waals surface area contributed by atoms with Gasteiger partial charge < -0.3 is 4.57 Å². The van der Waals surface area contributed by atoms with E-state index >= 15 is 0 Å². The summed E-state index contributed by atoms with van der Waals surface area (Å²) in [6, 6.07) is 10.1. The molecular weight excluding hydrogens is 314 g/mol. The summed E-state index contributed by atoms with van der Waals surface area (Å²) in [6.45, 7) is 0.742. The Morgan fingerprint density at radius 3 is 2.65 bits per heavy atom. The molecule has 1 aromatic heterocycles. The molecular formula is C10H9Cl2N2PS2. The summed E-state index contributed by atoms with van der Waals surface area (Å²) >= 11 is 18.0. The lowest BCUT2D eigenvalue weighted by Crippen LogP contribution is -2.13. The molecule has 0 unspecified atom stereocenters. The lowest BCUT2D eigenvalue weighted by molar-refractivity contribution is 0.774. The van der Waals surface area contributed by atoms with Crippen molar-refractivity contribution in [3.05, 3.63) is 52.3 Å². The van der Waals surface area contributed by atoms with Crippen LogP contribution in [0.15, 0.2) is 46.7 Å². The zero-order valence-electron chi connectivity index (χ0n) is 8.66.